The Balaban J connectivity index is 0.000000143. The highest BCUT2D eigenvalue weighted by Crippen LogP contribution is 2.55. The molecule has 5 nitrogen and oxygen atoms in total. The zero-order valence-electron chi connectivity index (χ0n) is 67.2. The Morgan fingerprint density at radius 1 is 0.263 bits per heavy atom. The fourth-order valence-electron chi connectivity index (χ4n) is 19.8. The van der Waals surface area contributed by atoms with Gasteiger partial charge in [-0.2, -0.15) is 0 Å². The van der Waals surface area contributed by atoms with E-state index in [4.69, 9.17) is 4.42 Å². The molecule has 0 radical (unpaired) electrons. The maximum absolute atomic E-state index is 6.45. The minimum atomic E-state index is -0.119. The summed E-state index contributed by atoms with van der Waals surface area (Å²) in [5, 5.41) is 9.93. The molecule has 21 aromatic rings. The second-order valence-corrected chi connectivity index (χ2v) is 34.6. The maximum atomic E-state index is 6.45. The molecule has 2 aliphatic carbocycles. The van der Waals surface area contributed by atoms with E-state index in [2.05, 4.69) is 426 Å². The molecule has 2 aliphatic rings. The van der Waals surface area contributed by atoms with E-state index in [9.17, 15) is 0 Å². The van der Waals surface area contributed by atoms with Gasteiger partial charge in [-0.15, -0.1) is 11.3 Å². The van der Waals surface area contributed by atoms with E-state index in [1.807, 2.05) is 23.5 Å². The first-order valence-electron chi connectivity index (χ1n) is 41.1. The molecular formula is C112H84N4OS. The molecule has 0 amide bonds. The topological polar surface area (TPSA) is 29.5 Å². The van der Waals surface area contributed by atoms with E-state index in [1.54, 1.807) is 0 Å². The van der Waals surface area contributed by atoms with Crippen LogP contribution in [0.4, 0.5) is 34.1 Å². The largest absolute Gasteiger partial charge is 0.455 e. The molecule has 0 atom stereocenters. The summed E-state index contributed by atoms with van der Waals surface area (Å²) >= 11 is 1.88. The zero-order chi connectivity index (χ0) is 79.4. The van der Waals surface area contributed by atoms with Gasteiger partial charge in [0.2, 0.25) is 0 Å². The average Bonchev–Trinajstić information content (AvgIpc) is 1.57. The highest BCUT2D eigenvalue weighted by molar-refractivity contribution is 7.26. The summed E-state index contributed by atoms with van der Waals surface area (Å²) in [6.45, 7) is 18.1. The van der Waals surface area contributed by atoms with Gasteiger partial charge in [0.25, 0.3) is 0 Å². The van der Waals surface area contributed by atoms with Crippen LogP contribution in [0.3, 0.4) is 0 Å². The van der Waals surface area contributed by atoms with E-state index >= 15 is 0 Å². The number of aryl methyl sites for hydroxylation is 4. The summed E-state index contributed by atoms with van der Waals surface area (Å²) in [6, 6.07) is 135. The van der Waals surface area contributed by atoms with E-state index in [1.165, 1.54) is 176 Å². The van der Waals surface area contributed by atoms with E-state index in [0.717, 1.165) is 55.8 Å². The average molecular weight is 1530 g/mol. The molecule has 0 bridgehead atoms. The van der Waals surface area contributed by atoms with Gasteiger partial charge < -0.3 is 23.4 Å². The van der Waals surface area contributed by atoms with Crippen LogP contribution in [-0.4, -0.2) is 9.13 Å². The molecule has 0 saturated carbocycles. The molecule has 118 heavy (non-hydrogen) atoms. The Labute approximate surface area is 691 Å². The lowest BCUT2D eigenvalue weighted by Crippen LogP contribution is -2.16. The molecule has 0 saturated heterocycles. The quantitative estimate of drug-likeness (QED) is 0.129. The van der Waals surface area contributed by atoms with Gasteiger partial charge in [0.05, 0.1) is 32.5 Å². The van der Waals surface area contributed by atoms with Crippen molar-refractivity contribution in [3.8, 4) is 67.0 Å². The first kappa shape index (κ1) is 70.6. The van der Waals surface area contributed by atoms with Crippen LogP contribution in [0.2, 0.25) is 0 Å². The molecule has 0 unspecified atom stereocenters. The highest BCUT2D eigenvalue weighted by Gasteiger charge is 2.38. The lowest BCUT2D eigenvalue weighted by molar-refractivity contribution is 0.660. The second-order valence-electron chi connectivity index (χ2n) is 33.5. The van der Waals surface area contributed by atoms with Crippen molar-refractivity contribution in [3.05, 3.63) is 408 Å². The molecule has 23 rings (SSSR count). The molecule has 0 fully saturated rings. The van der Waals surface area contributed by atoms with Crippen LogP contribution in [0.1, 0.15) is 72.2 Å². The Kier molecular flexibility index (Phi) is 16.3. The molecule has 564 valence electrons. The van der Waals surface area contributed by atoms with Crippen molar-refractivity contribution in [2.75, 3.05) is 9.80 Å². The number of benzene rings is 17. The third-order valence-corrected chi connectivity index (χ3v) is 26.5. The normalized spacial score (nSPS) is 13.1. The SMILES string of the molecule is Cc1cc(C)cc(-n2c3ccccc3c3cc(-c4ccc(N(c5ccc(-c6cccc7c6oc6ccccc67)cc5)c5ccc6c(c5)C(C)(C)c5ccccc5-6)cc4)ccc32)c1.Cc1cc(C)cc(-n2c3ccccc3c3cc(-c4ccc(N(c5ccc6c(c5)C(C)(C)c5ccccc5-6)c5cccc6c5sc5ccccc56)cc4)ccc32)c1. The first-order valence-corrected chi connectivity index (χ1v) is 41.9. The lowest BCUT2D eigenvalue weighted by atomic mass is 9.82. The fraction of sp³-hybridized carbons (Fsp3) is 0.0893. The van der Waals surface area contributed by atoms with Gasteiger partial charge in [0.15, 0.2) is 0 Å². The number of rotatable bonds is 11. The molecule has 0 aliphatic heterocycles. The predicted molar refractivity (Wildman–Crippen MR) is 501 cm³/mol. The minimum Gasteiger partial charge on any atom is -0.455 e. The molecule has 6 heteroatoms. The van der Waals surface area contributed by atoms with Crippen molar-refractivity contribution in [1.29, 1.82) is 0 Å². The highest BCUT2D eigenvalue weighted by atomic mass is 32.1. The number of fused-ring (bicyclic) bond motifs is 18. The summed E-state index contributed by atoms with van der Waals surface area (Å²) in [5.41, 5.74) is 38.6. The van der Waals surface area contributed by atoms with Gasteiger partial charge in [0, 0.05) is 104 Å². The molecule has 4 aromatic heterocycles. The van der Waals surface area contributed by atoms with Gasteiger partial charge in [0.1, 0.15) is 11.2 Å². The monoisotopic (exact) mass is 1530 g/mol. The first-order chi connectivity index (χ1) is 57.6. The van der Waals surface area contributed by atoms with Crippen molar-refractivity contribution in [2.24, 2.45) is 0 Å². The molecule has 0 spiro atoms. The van der Waals surface area contributed by atoms with Crippen molar-refractivity contribution >= 4 is 131 Å². The summed E-state index contributed by atoms with van der Waals surface area (Å²) in [6.07, 6.45) is 0. The molecule has 0 N–H and O–H groups in total. The number of thiophene rings is 1. The zero-order valence-corrected chi connectivity index (χ0v) is 68.1. The summed E-state index contributed by atoms with van der Waals surface area (Å²) < 4.78 is 13.9. The van der Waals surface area contributed by atoms with Gasteiger partial charge >= 0.3 is 0 Å². The van der Waals surface area contributed by atoms with Gasteiger partial charge in [-0.25, -0.2) is 0 Å². The Morgan fingerprint density at radius 3 is 1.19 bits per heavy atom. The van der Waals surface area contributed by atoms with Gasteiger partial charge in [-0.1, -0.05) is 252 Å². The van der Waals surface area contributed by atoms with E-state index < -0.39 is 0 Å². The van der Waals surface area contributed by atoms with Crippen LogP contribution in [0.25, 0.3) is 153 Å². The summed E-state index contributed by atoms with van der Waals surface area (Å²) in [5.74, 6) is 0. The third-order valence-electron chi connectivity index (χ3n) is 25.3. The number of hydrogen-bond acceptors (Lipinski definition) is 4. The maximum Gasteiger partial charge on any atom is 0.143 e. The van der Waals surface area contributed by atoms with Crippen molar-refractivity contribution < 1.29 is 4.42 Å². The number of furan rings is 1. The van der Waals surface area contributed by atoms with Crippen LogP contribution in [0, 0.1) is 27.7 Å². The number of hydrogen-bond donors (Lipinski definition) is 0. The standard InChI is InChI=1S/C59H44N2O.C53H40N2S/c1-37-32-38(2)34-45(33-37)61-55-18-9-6-13-49(55)52-35-41(24-31-56(52)61)39-20-25-42(26-21-39)60(44-29-30-48-47-12-5-8-17-53(47)59(3,4)54(48)36-44)43-27-22-40(23-28-43)46-15-11-16-51-50-14-7-10-19-57(50)62-58(46)51;1-33-28-34(2)30-39(29-33)55-48-17-9-6-13-42(48)45-31-36(22-27-49(45)55)35-20-23-37(24-21-35)54(50-18-11-15-44-43-14-7-10-19-51(43)56-52(44)50)38-25-26-41-40-12-5-8-16-46(40)53(3,4)47(41)32-38/h5-36H,1-4H3;5-32H,1-4H3. The lowest BCUT2D eigenvalue weighted by Gasteiger charge is -2.28. The van der Waals surface area contributed by atoms with Crippen LogP contribution >= 0.6 is 11.3 Å². The van der Waals surface area contributed by atoms with Crippen LogP contribution in [0.15, 0.2) is 368 Å². The van der Waals surface area contributed by atoms with Gasteiger partial charge in [-0.3, -0.25) is 0 Å². The number of anilines is 6. The fourth-order valence-corrected chi connectivity index (χ4v) is 21.0. The van der Waals surface area contributed by atoms with Crippen molar-refractivity contribution in [2.45, 2.75) is 66.2 Å². The Hall–Kier alpha value is -14.0. The van der Waals surface area contributed by atoms with Crippen LogP contribution < -0.4 is 9.80 Å². The molecular weight excluding hydrogens is 1450 g/mol. The van der Waals surface area contributed by atoms with Crippen molar-refractivity contribution in [1.82, 2.24) is 9.13 Å². The Bertz CT molecular complexity index is 7630. The predicted octanol–water partition coefficient (Wildman–Crippen LogP) is 31.6. The smallest absolute Gasteiger partial charge is 0.143 e. The number of nitrogens with zero attached hydrogens (tertiary/aromatic N) is 4. The second kappa shape index (κ2) is 27.3. The number of aromatic nitrogens is 2. The van der Waals surface area contributed by atoms with Crippen LogP contribution in [-0.2, 0) is 10.8 Å². The van der Waals surface area contributed by atoms with E-state index in [0.29, 0.717) is 0 Å². The third kappa shape index (κ3) is 11.4. The summed E-state index contributed by atoms with van der Waals surface area (Å²) in [4.78, 5) is 4.87. The summed E-state index contributed by atoms with van der Waals surface area (Å²) in [7, 11) is 0. The molecule has 17 aromatic carbocycles. The van der Waals surface area contributed by atoms with E-state index in [-0.39, 0.29) is 10.8 Å². The number of para-hydroxylation sites is 4. The van der Waals surface area contributed by atoms with Crippen LogP contribution in [0.5, 0.6) is 0 Å². The minimum absolute atomic E-state index is 0.0962. The molecule has 4 heterocycles. The Morgan fingerprint density at radius 2 is 0.653 bits per heavy atom. The van der Waals surface area contributed by atoms with Gasteiger partial charge in [-0.05, 0) is 262 Å². The van der Waals surface area contributed by atoms with Crippen molar-refractivity contribution in [3.63, 3.8) is 0 Å².